The van der Waals surface area contributed by atoms with Crippen LogP contribution in [0, 0.1) is 0 Å². The lowest BCUT2D eigenvalue weighted by molar-refractivity contribution is -0.0464. The standard InChI is InChI=1S/C20H26N12O8P2S2/c21-15-11-17(25-3-23-15)31(5-27-11)19-13(33)9-7(39-19)1-37-41(35,43)30-10-8(2-38-42(36,44)29-9)40-20(14(10)34)32-6-28-12-16(22)24-4-26-18(12)32/h3-10,13-14,19-20,33-34H,1-2H2,(H2,21,23,25)(H2,22,24,26)(H2,29,36,44)(H2,30,35,43)/t7-,8-,9?,10?,13?,14?,19-,20-,41?,42?/m1/s1. The smallest absolute Gasteiger partial charge is 0.324 e. The summed E-state index contributed by atoms with van der Waals surface area (Å²) in [6.07, 6.45) is -1.88. The van der Waals surface area contributed by atoms with Crippen LogP contribution in [0.1, 0.15) is 12.5 Å². The van der Waals surface area contributed by atoms with Crippen LogP contribution in [0.4, 0.5) is 11.6 Å². The Balaban J connectivity index is 1.17. The lowest BCUT2D eigenvalue weighted by Crippen LogP contribution is -2.47. The second-order valence-electron chi connectivity index (χ2n) is 10.2. The van der Waals surface area contributed by atoms with E-state index in [1.165, 1.54) is 34.4 Å². The van der Waals surface area contributed by atoms with Crippen LogP contribution in [0.15, 0.2) is 25.3 Å². The van der Waals surface area contributed by atoms with Gasteiger partial charge >= 0.3 is 13.4 Å². The maximum absolute atomic E-state index is 13.5. The van der Waals surface area contributed by atoms with Gasteiger partial charge in [0.05, 0.1) is 38.0 Å². The van der Waals surface area contributed by atoms with Crippen molar-refractivity contribution in [1.82, 2.24) is 49.2 Å². The van der Waals surface area contributed by atoms with Gasteiger partial charge in [0, 0.05) is 0 Å². The van der Waals surface area contributed by atoms with Crippen LogP contribution < -0.4 is 21.6 Å². The van der Waals surface area contributed by atoms with Crippen molar-refractivity contribution in [2.45, 2.75) is 49.0 Å². The average Bonchev–Trinajstić information content (AvgIpc) is 3.73. The Morgan fingerprint density at radius 1 is 0.750 bits per heavy atom. The fraction of sp³-hybridized carbons (Fsp3) is 0.500. The molecule has 20 nitrogen and oxygen atoms in total. The van der Waals surface area contributed by atoms with Crippen molar-refractivity contribution >= 4 is 71.9 Å². The first-order valence-corrected chi connectivity index (χ1v) is 18.5. The molecule has 8 N–H and O–H groups in total. The van der Waals surface area contributed by atoms with Crippen LogP contribution in [0.2, 0.25) is 0 Å². The number of thiol groups is 2. The molecular formula is C20H26N12O8P2S2. The third kappa shape index (κ3) is 5.27. The van der Waals surface area contributed by atoms with E-state index in [9.17, 15) is 19.3 Å². The number of aromatic nitrogens is 8. The summed E-state index contributed by atoms with van der Waals surface area (Å²) in [5, 5.41) is 28.1. The van der Waals surface area contributed by atoms with E-state index >= 15 is 0 Å². The van der Waals surface area contributed by atoms with E-state index in [0.29, 0.717) is 0 Å². The van der Waals surface area contributed by atoms with Gasteiger partial charge in [-0.3, -0.25) is 18.3 Å². The molecule has 44 heavy (non-hydrogen) atoms. The van der Waals surface area contributed by atoms with Gasteiger partial charge in [-0.25, -0.2) is 40.1 Å². The molecular weight excluding hydrogens is 662 g/mol. The van der Waals surface area contributed by atoms with Gasteiger partial charge in [-0.1, -0.05) is 24.5 Å². The summed E-state index contributed by atoms with van der Waals surface area (Å²) in [6.45, 7) is -8.79. The number of ether oxygens (including phenoxy) is 2. The monoisotopic (exact) mass is 688 g/mol. The Bertz CT molecular complexity index is 1700. The highest BCUT2D eigenvalue weighted by Gasteiger charge is 2.51. The fourth-order valence-electron chi connectivity index (χ4n) is 5.46. The van der Waals surface area contributed by atoms with Crippen LogP contribution in [0.25, 0.3) is 22.3 Å². The first-order chi connectivity index (χ1) is 20.9. The van der Waals surface area contributed by atoms with Gasteiger partial charge in [-0.2, -0.15) is 0 Å². The lowest BCUT2D eigenvalue weighted by Gasteiger charge is -2.30. The van der Waals surface area contributed by atoms with Gasteiger partial charge in [0.1, 0.15) is 48.1 Å². The number of aliphatic hydroxyl groups excluding tert-OH is 2. The van der Waals surface area contributed by atoms with Gasteiger partial charge in [0.25, 0.3) is 0 Å². The highest BCUT2D eigenvalue weighted by atomic mass is 32.7. The summed E-state index contributed by atoms with van der Waals surface area (Å²) in [4.78, 5) is 24.6. The summed E-state index contributed by atoms with van der Waals surface area (Å²) in [5.41, 5.74) is 12.9. The Hall–Kier alpha value is -2.46. The number of anilines is 2. The molecule has 10 atom stereocenters. The van der Waals surface area contributed by atoms with E-state index in [1.54, 1.807) is 0 Å². The van der Waals surface area contributed by atoms with E-state index in [2.05, 4.69) is 64.6 Å². The van der Waals surface area contributed by atoms with E-state index in [4.69, 9.17) is 30.0 Å². The lowest BCUT2D eigenvalue weighted by atomic mass is 10.1. The first-order valence-electron chi connectivity index (χ1n) is 13.0. The first kappa shape index (κ1) is 30.2. The van der Waals surface area contributed by atoms with E-state index in [-0.39, 0.29) is 34.0 Å². The molecule has 3 fully saturated rings. The fourth-order valence-corrected chi connectivity index (χ4v) is 8.90. The van der Waals surface area contributed by atoms with Crippen LogP contribution in [-0.2, 0) is 27.7 Å². The molecule has 0 saturated carbocycles. The molecule has 0 aliphatic carbocycles. The Morgan fingerprint density at radius 3 is 1.57 bits per heavy atom. The zero-order chi connectivity index (χ0) is 31.0. The number of hydrogen-bond donors (Lipinski definition) is 8. The predicted octanol–water partition coefficient (Wildman–Crippen LogP) is -0.614. The van der Waals surface area contributed by atoms with Crippen molar-refractivity contribution in [1.29, 1.82) is 0 Å². The minimum atomic E-state index is -3.99. The van der Waals surface area contributed by atoms with Crippen molar-refractivity contribution in [3.05, 3.63) is 25.3 Å². The molecule has 4 aromatic heterocycles. The number of nitrogen functional groups attached to an aromatic ring is 2. The third-order valence-electron chi connectivity index (χ3n) is 7.52. The third-order valence-corrected chi connectivity index (χ3v) is 11.2. The maximum atomic E-state index is 13.5. The van der Waals surface area contributed by atoms with E-state index in [0.717, 1.165) is 0 Å². The molecule has 0 radical (unpaired) electrons. The molecule has 3 saturated heterocycles. The molecule has 7 rings (SSSR count). The highest BCUT2D eigenvalue weighted by Crippen LogP contribution is 2.54. The highest BCUT2D eigenvalue weighted by molar-refractivity contribution is 8.45. The van der Waals surface area contributed by atoms with Crippen LogP contribution in [0.5, 0.6) is 0 Å². The molecule has 3 aliphatic rings. The van der Waals surface area contributed by atoms with Crippen molar-refractivity contribution in [2.75, 3.05) is 24.7 Å². The Kier molecular flexibility index (Phi) is 7.63. The largest absolute Gasteiger partial charge is 0.387 e. The van der Waals surface area contributed by atoms with Crippen molar-refractivity contribution in [3.8, 4) is 0 Å². The van der Waals surface area contributed by atoms with Crippen LogP contribution in [-0.4, -0.2) is 99.0 Å². The molecule has 4 aromatic rings. The quantitative estimate of drug-likeness (QED) is 0.0963. The van der Waals surface area contributed by atoms with Crippen LogP contribution >= 0.6 is 37.9 Å². The summed E-state index contributed by atoms with van der Waals surface area (Å²) >= 11 is 8.42. The SMILES string of the molecule is Nc1ncnc2c1ncn2[C@@H]1O[C@@H]2COP(=O)(S)NC3C(O)[C@H](n4cnc5c(N)ncnc54)O[C@@H]3COP(=O)(S)NC2C1O. The molecule has 7 heterocycles. The second-order valence-corrected chi connectivity index (χ2v) is 16.5. The molecule has 3 aliphatic heterocycles. The number of rotatable bonds is 2. The number of hydrogen-bond acceptors (Lipinski definition) is 16. The van der Waals surface area contributed by atoms with Gasteiger partial charge in [-0.05, 0) is 0 Å². The average molecular weight is 689 g/mol. The Morgan fingerprint density at radius 2 is 1.16 bits per heavy atom. The Labute approximate surface area is 257 Å². The number of nitrogens with zero attached hydrogens (tertiary/aromatic N) is 8. The van der Waals surface area contributed by atoms with Crippen molar-refractivity contribution in [3.63, 3.8) is 0 Å². The summed E-state index contributed by atoms with van der Waals surface area (Å²) < 4.78 is 53.4. The normalized spacial score (nSPS) is 38.3. The van der Waals surface area contributed by atoms with Gasteiger partial charge in [0.15, 0.2) is 35.4 Å². The molecule has 0 spiro atoms. The topological polar surface area (TPSA) is 275 Å². The molecule has 0 amide bonds. The molecule has 6 unspecified atom stereocenters. The van der Waals surface area contributed by atoms with Gasteiger partial charge < -0.3 is 40.2 Å². The summed E-state index contributed by atoms with van der Waals surface area (Å²) in [6, 6.07) is -2.21. The maximum Gasteiger partial charge on any atom is 0.324 e. The number of imidazole rings is 2. The summed E-state index contributed by atoms with van der Waals surface area (Å²) in [5.74, 6) is 0.251. The summed E-state index contributed by atoms with van der Waals surface area (Å²) in [7, 11) is 0. The van der Waals surface area contributed by atoms with Crippen molar-refractivity contribution in [2.24, 2.45) is 0 Å². The van der Waals surface area contributed by atoms with E-state index < -0.39 is 75.6 Å². The zero-order valence-corrected chi connectivity index (χ0v) is 25.8. The minimum Gasteiger partial charge on any atom is -0.387 e. The van der Waals surface area contributed by atoms with Gasteiger partial charge in [0.2, 0.25) is 0 Å². The van der Waals surface area contributed by atoms with Crippen LogP contribution in [0.3, 0.4) is 0 Å². The van der Waals surface area contributed by atoms with Gasteiger partial charge in [-0.15, -0.1) is 0 Å². The zero-order valence-electron chi connectivity index (χ0n) is 22.2. The molecule has 236 valence electrons. The number of nitrogens with two attached hydrogens (primary N) is 2. The predicted molar refractivity (Wildman–Crippen MR) is 158 cm³/mol. The molecule has 0 aromatic carbocycles. The number of nitrogens with one attached hydrogen (secondary N) is 2. The molecule has 24 heteroatoms. The van der Waals surface area contributed by atoms with Crippen molar-refractivity contribution < 1.29 is 37.9 Å². The minimum absolute atomic E-state index is 0.125. The number of fused-ring (bicyclic) bond motifs is 4. The molecule has 0 bridgehead atoms. The van der Waals surface area contributed by atoms with E-state index in [1.807, 2.05) is 0 Å². The second kappa shape index (κ2) is 11.1. The number of aliphatic hydroxyl groups is 2.